The minimum Gasteiger partial charge on any atom is -0.497 e. The van der Waals surface area contributed by atoms with Gasteiger partial charge in [-0.05, 0) is 60.7 Å². The van der Waals surface area contributed by atoms with Crippen molar-refractivity contribution in [2.24, 2.45) is 11.7 Å². The van der Waals surface area contributed by atoms with Gasteiger partial charge in [0.15, 0.2) is 11.7 Å². The van der Waals surface area contributed by atoms with Gasteiger partial charge in [-0.25, -0.2) is 4.57 Å². The number of nitrogens with one attached hydrogen (secondary N) is 2. The first-order valence-corrected chi connectivity index (χ1v) is 14.1. The van der Waals surface area contributed by atoms with Gasteiger partial charge in [-0.15, -0.1) is 0 Å². The molecule has 1 heterocycles. The van der Waals surface area contributed by atoms with Crippen molar-refractivity contribution in [1.82, 2.24) is 10.2 Å². The molecule has 1 aliphatic rings. The number of carbonyl (C=O) groups is 1. The number of methoxy groups -OCH3 is 1. The molecule has 38 heavy (non-hydrogen) atoms. The van der Waals surface area contributed by atoms with E-state index in [9.17, 15) is 9.36 Å². The maximum absolute atomic E-state index is 14.7. The second-order valence-corrected chi connectivity index (χ2v) is 11.1. The highest BCUT2D eigenvalue weighted by Gasteiger charge is 2.46. The van der Waals surface area contributed by atoms with E-state index in [0.29, 0.717) is 43.2 Å². The van der Waals surface area contributed by atoms with Gasteiger partial charge in [0.25, 0.3) is 0 Å². The van der Waals surface area contributed by atoms with Crippen molar-refractivity contribution in [1.29, 1.82) is 5.41 Å². The Labute approximate surface area is 222 Å². The highest BCUT2D eigenvalue weighted by atomic mass is 31.2. The summed E-state index contributed by atoms with van der Waals surface area (Å²) >= 11 is 0. The Hall–Kier alpha value is -3.97. The van der Waals surface area contributed by atoms with Gasteiger partial charge in [-0.3, -0.25) is 10.2 Å². The first kappa shape index (κ1) is 27.1. The SMILES string of the molecule is COc1ccc(CC(=O)NC(C2CCN(C(=N)N)CC2)P(=O)(Oc2ccccc2)Oc2ccccc2)cc1. The number of benzene rings is 3. The van der Waals surface area contributed by atoms with E-state index in [1.54, 1.807) is 72.7 Å². The molecule has 4 N–H and O–H groups in total. The highest BCUT2D eigenvalue weighted by molar-refractivity contribution is 7.55. The van der Waals surface area contributed by atoms with E-state index in [1.807, 2.05) is 24.3 Å². The third kappa shape index (κ3) is 7.07. The number of likely N-dealkylation sites (tertiary alicyclic amines) is 1. The van der Waals surface area contributed by atoms with Crippen LogP contribution in [-0.4, -0.2) is 42.7 Å². The number of guanidine groups is 1. The lowest BCUT2D eigenvalue weighted by Gasteiger charge is -2.38. The van der Waals surface area contributed by atoms with Crippen LogP contribution in [0.2, 0.25) is 0 Å². The number of hydrogen-bond acceptors (Lipinski definition) is 6. The molecule has 0 aromatic heterocycles. The molecule has 3 aromatic carbocycles. The summed E-state index contributed by atoms with van der Waals surface area (Å²) in [7, 11) is -2.43. The van der Waals surface area contributed by atoms with Crippen LogP contribution in [-0.2, 0) is 15.8 Å². The van der Waals surface area contributed by atoms with Gasteiger partial charge in [-0.1, -0.05) is 48.5 Å². The first-order valence-electron chi connectivity index (χ1n) is 12.5. The molecule has 9 nitrogen and oxygen atoms in total. The van der Waals surface area contributed by atoms with Crippen LogP contribution in [0.5, 0.6) is 17.2 Å². The summed E-state index contributed by atoms with van der Waals surface area (Å²) < 4.78 is 32.1. The number of rotatable bonds is 10. The van der Waals surface area contributed by atoms with Gasteiger partial charge >= 0.3 is 7.60 Å². The summed E-state index contributed by atoms with van der Waals surface area (Å²) in [6.07, 6.45) is 1.18. The molecule has 0 spiro atoms. The first-order chi connectivity index (χ1) is 18.4. The standard InChI is InChI=1S/C28H33N4O5P/c1-35-23-14-12-21(13-15-23)20-26(33)31-27(22-16-18-32(19-17-22)28(29)30)38(34,36-24-8-4-2-5-9-24)37-25-10-6-3-7-11-25/h2-15,22,27H,16-20H2,1H3,(H3,29,30)(H,31,33). The molecule has 200 valence electrons. The number of nitrogens with two attached hydrogens (primary N) is 1. The summed E-state index contributed by atoms with van der Waals surface area (Å²) in [4.78, 5) is 15.1. The Morgan fingerprint density at radius 3 is 1.95 bits per heavy atom. The van der Waals surface area contributed by atoms with E-state index in [-0.39, 0.29) is 24.2 Å². The second kappa shape index (κ2) is 12.5. The molecule has 0 aliphatic carbocycles. The fourth-order valence-electron chi connectivity index (χ4n) is 4.44. The summed E-state index contributed by atoms with van der Waals surface area (Å²) in [5, 5.41) is 10.8. The predicted molar refractivity (Wildman–Crippen MR) is 147 cm³/mol. The van der Waals surface area contributed by atoms with Crippen LogP contribution in [0, 0.1) is 11.3 Å². The molecule has 1 amide bonds. The molecular formula is C28H33N4O5P. The normalized spacial score (nSPS) is 14.8. The van der Waals surface area contributed by atoms with Crippen LogP contribution in [0.25, 0.3) is 0 Å². The average Bonchev–Trinajstić information content (AvgIpc) is 2.93. The fraction of sp³-hybridized carbons (Fsp3) is 0.286. The van der Waals surface area contributed by atoms with E-state index in [0.717, 1.165) is 5.56 Å². The van der Waals surface area contributed by atoms with Crippen molar-refractivity contribution in [3.63, 3.8) is 0 Å². The summed E-state index contributed by atoms with van der Waals surface area (Å²) in [5.74, 6) is -0.0204. The molecule has 1 unspecified atom stereocenters. The lowest BCUT2D eigenvalue weighted by molar-refractivity contribution is -0.121. The van der Waals surface area contributed by atoms with Crippen LogP contribution in [0.4, 0.5) is 0 Å². The zero-order valence-corrected chi connectivity index (χ0v) is 22.2. The molecule has 10 heteroatoms. The van der Waals surface area contributed by atoms with Crippen molar-refractivity contribution in [3.05, 3.63) is 90.5 Å². The van der Waals surface area contributed by atoms with Crippen molar-refractivity contribution in [2.75, 3.05) is 20.2 Å². The number of nitrogens with zero attached hydrogens (tertiary/aromatic N) is 1. The molecule has 0 bridgehead atoms. The molecule has 4 rings (SSSR count). The smallest absolute Gasteiger partial charge is 0.453 e. The zero-order chi connectivity index (χ0) is 27.0. The molecule has 1 aliphatic heterocycles. The molecular weight excluding hydrogens is 503 g/mol. The van der Waals surface area contributed by atoms with Crippen LogP contribution in [0.3, 0.4) is 0 Å². The number of ether oxygens (including phenoxy) is 1. The van der Waals surface area contributed by atoms with Crippen LogP contribution >= 0.6 is 7.60 Å². The van der Waals surface area contributed by atoms with E-state index in [2.05, 4.69) is 5.32 Å². The van der Waals surface area contributed by atoms with Crippen molar-refractivity contribution >= 4 is 19.5 Å². The van der Waals surface area contributed by atoms with Crippen LogP contribution < -0.4 is 24.8 Å². The second-order valence-electron chi connectivity index (χ2n) is 9.10. The largest absolute Gasteiger partial charge is 0.497 e. The van der Waals surface area contributed by atoms with Crippen molar-refractivity contribution in [2.45, 2.75) is 25.0 Å². The third-order valence-electron chi connectivity index (χ3n) is 6.45. The number of para-hydroxylation sites is 2. The van der Waals surface area contributed by atoms with Crippen LogP contribution in [0.1, 0.15) is 18.4 Å². The maximum atomic E-state index is 14.7. The summed E-state index contributed by atoms with van der Waals surface area (Å²) in [6.45, 7) is 1.00. The highest BCUT2D eigenvalue weighted by Crippen LogP contribution is 2.55. The quantitative estimate of drug-likeness (QED) is 0.196. The Morgan fingerprint density at radius 1 is 0.947 bits per heavy atom. The number of amides is 1. The Balaban J connectivity index is 1.64. The van der Waals surface area contributed by atoms with E-state index in [1.165, 1.54) is 0 Å². The predicted octanol–water partition coefficient (Wildman–Crippen LogP) is 4.64. The monoisotopic (exact) mass is 536 g/mol. The molecule has 1 saturated heterocycles. The number of piperidine rings is 1. The van der Waals surface area contributed by atoms with E-state index < -0.39 is 13.4 Å². The maximum Gasteiger partial charge on any atom is 0.453 e. The Morgan fingerprint density at radius 2 is 1.47 bits per heavy atom. The minimum atomic E-state index is -4.01. The lowest BCUT2D eigenvalue weighted by atomic mass is 9.96. The Kier molecular flexibility index (Phi) is 8.92. The number of carbonyl (C=O) groups excluding carboxylic acids is 1. The van der Waals surface area contributed by atoms with Crippen molar-refractivity contribution < 1.29 is 23.1 Å². The fourth-order valence-corrected chi connectivity index (χ4v) is 6.66. The van der Waals surface area contributed by atoms with Gasteiger partial charge < -0.3 is 29.7 Å². The minimum absolute atomic E-state index is 0.00667. The molecule has 0 saturated carbocycles. The number of hydrogen-bond donors (Lipinski definition) is 3. The third-order valence-corrected chi connectivity index (χ3v) is 8.61. The molecule has 1 fully saturated rings. The molecule has 3 aromatic rings. The molecule has 1 atom stereocenters. The van der Waals surface area contributed by atoms with Crippen LogP contribution in [0.15, 0.2) is 84.9 Å². The zero-order valence-electron chi connectivity index (χ0n) is 21.3. The van der Waals surface area contributed by atoms with Crippen molar-refractivity contribution in [3.8, 4) is 17.2 Å². The van der Waals surface area contributed by atoms with Gasteiger partial charge in [-0.2, -0.15) is 0 Å². The van der Waals surface area contributed by atoms with Gasteiger partial charge in [0, 0.05) is 13.1 Å². The average molecular weight is 537 g/mol. The van der Waals surface area contributed by atoms with Gasteiger partial charge in [0.1, 0.15) is 17.2 Å². The Bertz CT molecular complexity index is 1200. The van der Waals surface area contributed by atoms with E-state index in [4.69, 9.17) is 24.9 Å². The van der Waals surface area contributed by atoms with Gasteiger partial charge in [0.05, 0.1) is 13.5 Å². The van der Waals surface area contributed by atoms with E-state index >= 15 is 0 Å². The molecule has 0 radical (unpaired) electrons. The lowest BCUT2D eigenvalue weighted by Crippen LogP contribution is -2.49. The summed E-state index contributed by atoms with van der Waals surface area (Å²) in [5.41, 5.74) is 6.48. The van der Waals surface area contributed by atoms with Gasteiger partial charge in [0.2, 0.25) is 5.91 Å². The summed E-state index contributed by atoms with van der Waals surface area (Å²) in [6, 6.07) is 24.8. The topological polar surface area (TPSA) is 127 Å².